The second-order valence-electron chi connectivity index (χ2n) is 4.08. The second-order valence-corrected chi connectivity index (χ2v) is 6.58. The van der Waals surface area contributed by atoms with E-state index in [0.29, 0.717) is 16.6 Å². The van der Waals surface area contributed by atoms with Crippen molar-refractivity contribution < 1.29 is 4.79 Å². The van der Waals surface area contributed by atoms with Gasteiger partial charge in [-0.25, -0.2) is 0 Å². The largest absolute Gasteiger partial charge is 0.334 e. The maximum absolute atomic E-state index is 12.4. The zero-order valence-electron chi connectivity index (χ0n) is 9.45. The van der Waals surface area contributed by atoms with Crippen molar-refractivity contribution in [1.82, 2.24) is 4.90 Å². The number of benzene rings is 1. The van der Waals surface area contributed by atoms with E-state index in [4.69, 9.17) is 11.6 Å². The predicted octanol–water partition coefficient (Wildman–Crippen LogP) is 3.68. The van der Waals surface area contributed by atoms with E-state index in [-0.39, 0.29) is 5.91 Å². The fraction of sp³-hybridized carbons (Fsp3) is 0.417. The minimum atomic E-state index is 0.0704. The number of hydrogen-bond acceptors (Lipinski definition) is 2. The first-order valence-corrected chi connectivity index (χ1v) is 7.75. The maximum Gasteiger partial charge on any atom is 0.254 e. The van der Waals surface area contributed by atoms with Crippen LogP contribution in [0, 0.1) is 0 Å². The van der Waals surface area contributed by atoms with Crippen LogP contribution in [0.5, 0.6) is 0 Å². The third-order valence-electron chi connectivity index (χ3n) is 2.74. The number of nitrogens with zero attached hydrogens (tertiary/aromatic N) is 1. The van der Waals surface area contributed by atoms with Gasteiger partial charge in [-0.15, -0.1) is 0 Å². The van der Waals surface area contributed by atoms with Crippen molar-refractivity contribution in [2.24, 2.45) is 0 Å². The van der Waals surface area contributed by atoms with Crippen LogP contribution in [0.3, 0.4) is 0 Å². The molecular formula is C12H13BrClNOS. The first-order chi connectivity index (χ1) is 8.08. The Balaban J connectivity index is 2.23. The molecule has 1 aliphatic rings. The number of hydrogen-bond donors (Lipinski definition) is 0. The lowest BCUT2D eigenvalue weighted by Crippen LogP contribution is -2.44. The third kappa shape index (κ3) is 3.18. The van der Waals surface area contributed by atoms with Crippen LogP contribution in [0.1, 0.15) is 17.3 Å². The molecule has 1 amide bonds. The summed E-state index contributed by atoms with van der Waals surface area (Å²) in [5, 5.41) is 0.585. The van der Waals surface area contributed by atoms with Gasteiger partial charge in [-0.1, -0.05) is 27.5 Å². The SMILES string of the molecule is CC1CSCCN1C(=O)c1cc(Cl)cc(Br)c1. The van der Waals surface area contributed by atoms with E-state index in [1.807, 2.05) is 22.7 Å². The van der Waals surface area contributed by atoms with E-state index in [9.17, 15) is 4.79 Å². The second kappa shape index (κ2) is 5.63. The van der Waals surface area contributed by atoms with Crippen LogP contribution in [0.25, 0.3) is 0 Å². The van der Waals surface area contributed by atoms with Gasteiger partial charge >= 0.3 is 0 Å². The van der Waals surface area contributed by atoms with Crippen LogP contribution in [0.4, 0.5) is 0 Å². The molecule has 0 radical (unpaired) electrons. The molecule has 2 nitrogen and oxygen atoms in total. The molecule has 5 heteroatoms. The topological polar surface area (TPSA) is 20.3 Å². The number of thioether (sulfide) groups is 1. The van der Waals surface area contributed by atoms with E-state index in [1.165, 1.54) is 0 Å². The standard InChI is InChI=1S/C12H13BrClNOS/c1-8-7-17-3-2-15(8)12(16)9-4-10(13)6-11(14)5-9/h4-6,8H,2-3,7H2,1H3. The molecule has 1 atom stereocenters. The van der Waals surface area contributed by atoms with Crippen molar-refractivity contribution >= 4 is 45.2 Å². The van der Waals surface area contributed by atoms with Gasteiger partial charge in [-0.05, 0) is 25.1 Å². The summed E-state index contributed by atoms with van der Waals surface area (Å²) in [5.41, 5.74) is 0.656. The molecule has 0 aliphatic carbocycles. The van der Waals surface area contributed by atoms with Gasteiger partial charge in [0.1, 0.15) is 0 Å². The summed E-state index contributed by atoms with van der Waals surface area (Å²) >= 11 is 11.2. The van der Waals surface area contributed by atoms with Gasteiger partial charge in [0.25, 0.3) is 5.91 Å². The van der Waals surface area contributed by atoms with Crippen LogP contribution in [-0.4, -0.2) is 34.9 Å². The molecule has 0 saturated carbocycles. The van der Waals surface area contributed by atoms with Crippen LogP contribution < -0.4 is 0 Å². The van der Waals surface area contributed by atoms with Crippen molar-refractivity contribution in [2.75, 3.05) is 18.1 Å². The van der Waals surface area contributed by atoms with Gasteiger partial charge in [0.05, 0.1) is 0 Å². The Labute approximate surface area is 119 Å². The predicted molar refractivity (Wildman–Crippen MR) is 77.0 cm³/mol. The van der Waals surface area contributed by atoms with Crippen LogP contribution in [0.2, 0.25) is 5.02 Å². The Kier molecular flexibility index (Phi) is 4.39. The van der Waals surface area contributed by atoms with E-state index < -0.39 is 0 Å². The first-order valence-electron chi connectivity index (χ1n) is 5.43. The van der Waals surface area contributed by atoms with Crippen molar-refractivity contribution in [3.05, 3.63) is 33.3 Å². The number of rotatable bonds is 1. The normalized spacial score (nSPS) is 20.4. The van der Waals surface area contributed by atoms with E-state index in [1.54, 1.807) is 12.1 Å². The highest BCUT2D eigenvalue weighted by Crippen LogP contribution is 2.23. The van der Waals surface area contributed by atoms with Crippen LogP contribution in [-0.2, 0) is 0 Å². The number of amides is 1. The van der Waals surface area contributed by atoms with Crippen molar-refractivity contribution in [3.8, 4) is 0 Å². The Morgan fingerprint density at radius 2 is 2.29 bits per heavy atom. The molecule has 2 rings (SSSR count). The highest BCUT2D eigenvalue weighted by molar-refractivity contribution is 9.10. The lowest BCUT2D eigenvalue weighted by Gasteiger charge is -2.33. The van der Waals surface area contributed by atoms with Crippen molar-refractivity contribution in [1.29, 1.82) is 0 Å². The van der Waals surface area contributed by atoms with Gasteiger partial charge in [0.15, 0.2) is 0 Å². The smallest absolute Gasteiger partial charge is 0.254 e. The monoisotopic (exact) mass is 333 g/mol. The zero-order chi connectivity index (χ0) is 12.4. The number of carbonyl (C=O) groups is 1. The molecule has 0 N–H and O–H groups in total. The highest BCUT2D eigenvalue weighted by atomic mass is 79.9. The summed E-state index contributed by atoms with van der Waals surface area (Å²) in [7, 11) is 0. The molecule has 1 aromatic carbocycles. The average Bonchev–Trinajstić information content (AvgIpc) is 2.27. The Hall–Kier alpha value is -0.190. The van der Waals surface area contributed by atoms with Crippen LogP contribution >= 0.6 is 39.3 Å². The van der Waals surface area contributed by atoms with Crippen molar-refractivity contribution in [3.63, 3.8) is 0 Å². The lowest BCUT2D eigenvalue weighted by atomic mass is 10.1. The molecule has 17 heavy (non-hydrogen) atoms. The fourth-order valence-corrected chi connectivity index (χ4v) is 3.75. The lowest BCUT2D eigenvalue weighted by molar-refractivity contribution is 0.0716. The van der Waals surface area contributed by atoms with Crippen molar-refractivity contribution in [2.45, 2.75) is 13.0 Å². The molecule has 1 aliphatic heterocycles. The molecule has 1 saturated heterocycles. The molecule has 0 bridgehead atoms. The summed E-state index contributed by atoms with van der Waals surface area (Å²) in [6, 6.07) is 5.62. The minimum absolute atomic E-state index is 0.0704. The molecule has 1 fully saturated rings. The Morgan fingerprint density at radius 3 is 2.94 bits per heavy atom. The number of carbonyl (C=O) groups excluding carboxylic acids is 1. The molecule has 1 unspecified atom stereocenters. The summed E-state index contributed by atoms with van der Waals surface area (Å²) in [5.74, 6) is 2.09. The first kappa shape index (κ1) is 13.2. The van der Waals surface area contributed by atoms with Gasteiger partial charge in [-0.3, -0.25) is 4.79 Å². The molecule has 0 aromatic heterocycles. The highest BCUT2D eigenvalue weighted by Gasteiger charge is 2.24. The van der Waals surface area contributed by atoms with E-state index >= 15 is 0 Å². The molecule has 0 spiro atoms. The Morgan fingerprint density at radius 1 is 1.53 bits per heavy atom. The minimum Gasteiger partial charge on any atom is -0.334 e. The maximum atomic E-state index is 12.4. The summed E-state index contributed by atoms with van der Waals surface area (Å²) in [6.07, 6.45) is 0. The number of halogens is 2. The average molecular weight is 335 g/mol. The summed E-state index contributed by atoms with van der Waals surface area (Å²) in [6.45, 7) is 2.90. The molecular weight excluding hydrogens is 322 g/mol. The Bertz CT molecular complexity index is 420. The quantitative estimate of drug-likeness (QED) is 0.781. The zero-order valence-corrected chi connectivity index (χ0v) is 12.6. The van der Waals surface area contributed by atoms with Gasteiger partial charge in [0, 0.05) is 39.2 Å². The van der Waals surface area contributed by atoms with Crippen LogP contribution in [0.15, 0.2) is 22.7 Å². The molecule has 92 valence electrons. The van der Waals surface area contributed by atoms with Gasteiger partial charge < -0.3 is 4.90 Å². The summed E-state index contributed by atoms with van der Waals surface area (Å²) in [4.78, 5) is 14.3. The van der Waals surface area contributed by atoms with E-state index in [0.717, 1.165) is 22.5 Å². The molecule has 1 heterocycles. The van der Waals surface area contributed by atoms with E-state index in [2.05, 4.69) is 22.9 Å². The van der Waals surface area contributed by atoms with Gasteiger partial charge in [-0.2, -0.15) is 11.8 Å². The fourth-order valence-electron chi connectivity index (χ4n) is 1.87. The third-order valence-corrected chi connectivity index (χ3v) is 4.60. The summed E-state index contributed by atoms with van der Waals surface area (Å²) < 4.78 is 0.840. The van der Waals surface area contributed by atoms with Gasteiger partial charge in [0.2, 0.25) is 0 Å². The molecule has 1 aromatic rings.